The van der Waals surface area contributed by atoms with E-state index < -0.39 is 31.5 Å². The van der Waals surface area contributed by atoms with Crippen LogP contribution in [0.3, 0.4) is 0 Å². The first-order valence-corrected chi connectivity index (χ1v) is 20.3. The topological polar surface area (TPSA) is 74.3 Å². The summed E-state index contributed by atoms with van der Waals surface area (Å²) in [5.74, 6) is -0.641. The molecule has 276 valence electrons. The fourth-order valence-corrected chi connectivity index (χ4v) is 12.4. The molecule has 51 heavy (non-hydrogen) atoms. The second-order valence-corrected chi connectivity index (χ2v) is 20.0. The first-order chi connectivity index (χ1) is 24.3. The van der Waals surface area contributed by atoms with Gasteiger partial charge < -0.3 is 18.6 Å². The Morgan fingerprint density at radius 2 is 1.47 bits per heavy atom. The Hall–Kier alpha value is -3.72. The van der Waals surface area contributed by atoms with Crippen molar-refractivity contribution in [2.24, 2.45) is 5.92 Å². The quantitative estimate of drug-likeness (QED) is 0.0642. The molecule has 0 spiro atoms. The van der Waals surface area contributed by atoms with E-state index in [1.807, 2.05) is 69.3 Å². The van der Waals surface area contributed by atoms with Crippen LogP contribution in [0.4, 0.5) is 4.79 Å². The summed E-state index contributed by atoms with van der Waals surface area (Å²) in [6.07, 6.45) is 5.10. The maximum atomic E-state index is 14.2. The van der Waals surface area contributed by atoms with Gasteiger partial charge in [0.1, 0.15) is 11.1 Å². The fourth-order valence-electron chi connectivity index (χ4n) is 7.83. The van der Waals surface area contributed by atoms with Gasteiger partial charge in [0, 0.05) is 6.61 Å². The minimum absolute atomic E-state index is 0.156. The van der Waals surface area contributed by atoms with Gasteiger partial charge in [0.05, 0.1) is 26.4 Å². The standard InChI is InChI=1S/C43H59NO6Si/c1-9-10-23-35(24-20-31-49-51(42(5,6)7,37-25-16-12-17-26-37)38-27-18-13-19-28-38)43(39(45)47-8)30-29-36(44(43)40(46)50-41(2,3)4)33-48-32-34-21-14-11-15-22-34/h9,11-19,21-22,25-28,35-36H,1,10,20,23-24,29-33H2,2-8H3/t35-,36-,43-/m0/s1. The van der Waals surface area contributed by atoms with Crippen LogP contribution in [0, 0.1) is 5.92 Å². The van der Waals surface area contributed by atoms with Crippen LogP contribution >= 0.6 is 0 Å². The van der Waals surface area contributed by atoms with E-state index in [1.165, 1.54) is 17.5 Å². The number of hydrogen-bond donors (Lipinski definition) is 0. The third kappa shape index (κ3) is 9.39. The van der Waals surface area contributed by atoms with E-state index in [0.717, 1.165) is 5.56 Å². The van der Waals surface area contributed by atoms with Crippen molar-refractivity contribution in [2.45, 2.75) is 109 Å². The molecular formula is C43H59NO6Si. The van der Waals surface area contributed by atoms with E-state index in [1.54, 1.807) is 4.90 Å². The van der Waals surface area contributed by atoms with Crippen molar-refractivity contribution in [3.63, 3.8) is 0 Å². The summed E-state index contributed by atoms with van der Waals surface area (Å²) < 4.78 is 25.0. The first kappa shape index (κ1) is 40.1. The Balaban J connectivity index is 1.66. The minimum atomic E-state index is -2.75. The summed E-state index contributed by atoms with van der Waals surface area (Å²) in [6.45, 7) is 17.5. The van der Waals surface area contributed by atoms with Gasteiger partial charge in [0.15, 0.2) is 0 Å². The number of ether oxygens (including phenoxy) is 3. The van der Waals surface area contributed by atoms with E-state index >= 15 is 0 Å². The van der Waals surface area contributed by atoms with Gasteiger partial charge in [0.25, 0.3) is 8.32 Å². The van der Waals surface area contributed by atoms with Crippen LogP contribution in [0.2, 0.25) is 5.04 Å². The maximum absolute atomic E-state index is 14.2. The van der Waals surface area contributed by atoms with Crippen molar-refractivity contribution in [1.82, 2.24) is 4.90 Å². The monoisotopic (exact) mass is 713 g/mol. The second-order valence-electron chi connectivity index (χ2n) is 15.7. The number of benzene rings is 3. The largest absolute Gasteiger partial charge is 0.467 e. The Morgan fingerprint density at radius 3 is 1.98 bits per heavy atom. The predicted octanol–water partition coefficient (Wildman–Crippen LogP) is 8.45. The van der Waals surface area contributed by atoms with Gasteiger partial charge >= 0.3 is 12.1 Å². The van der Waals surface area contributed by atoms with Crippen LogP contribution in [-0.2, 0) is 30.0 Å². The number of hydrogen-bond acceptors (Lipinski definition) is 6. The van der Waals surface area contributed by atoms with E-state index in [-0.39, 0.29) is 23.6 Å². The van der Waals surface area contributed by atoms with E-state index in [9.17, 15) is 9.59 Å². The lowest BCUT2D eigenvalue weighted by Crippen LogP contribution is -2.66. The molecule has 8 heteroatoms. The average molecular weight is 714 g/mol. The maximum Gasteiger partial charge on any atom is 0.411 e. The van der Waals surface area contributed by atoms with Crippen LogP contribution in [0.5, 0.6) is 0 Å². The number of carbonyl (C=O) groups is 2. The van der Waals surface area contributed by atoms with Gasteiger partial charge in [-0.15, -0.1) is 6.58 Å². The zero-order valence-electron chi connectivity index (χ0n) is 31.9. The van der Waals surface area contributed by atoms with Crippen molar-refractivity contribution in [3.8, 4) is 0 Å². The zero-order valence-corrected chi connectivity index (χ0v) is 32.9. The summed E-state index contributed by atoms with van der Waals surface area (Å²) in [4.78, 5) is 30.1. The van der Waals surface area contributed by atoms with Crippen LogP contribution in [0.1, 0.15) is 85.6 Å². The molecule has 0 N–H and O–H groups in total. The highest BCUT2D eigenvalue weighted by molar-refractivity contribution is 6.99. The summed E-state index contributed by atoms with van der Waals surface area (Å²) in [5, 5.41) is 2.29. The van der Waals surface area contributed by atoms with Crippen molar-refractivity contribution in [2.75, 3.05) is 20.3 Å². The Morgan fingerprint density at radius 1 is 0.902 bits per heavy atom. The molecule has 1 saturated heterocycles. The van der Waals surface area contributed by atoms with Crippen LogP contribution in [-0.4, -0.2) is 62.8 Å². The molecule has 1 fully saturated rings. The molecule has 0 unspecified atom stereocenters. The highest BCUT2D eigenvalue weighted by atomic mass is 28.4. The predicted molar refractivity (Wildman–Crippen MR) is 208 cm³/mol. The van der Waals surface area contributed by atoms with Gasteiger partial charge in [-0.2, -0.15) is 0 Å². The number of esters is 1. The third-order valence-corrected chi connectivity index (χ3v) is 15.1. The summed E-state index contributed by atoms with van der Waals surface area (Å²) in [7, 11) is -1.34. The average Bonchev–Trinajstić information content (AvgIpc) is 3.49. The number of amides is 1. The number of rotatable bonds is 16. The zero-order chi connectivity index (χ0) is 37.1. The molecule has 3 atom stereocenters. The van der Waals surface area contributed by atoms with Crippen molar-refractivity contribution in [3.05, 3.63) is 109 Å². The molecule has 7 nitrogen and oxygen atoms in total. The molecule has 1 heterocycles. The molecule has 3 aromatic rings. The SMILES string of the molecule is C=CCC[C@@H](CCCO[Si](c1ccccc1)(c1ccccc1)C(C)(C)C)[C@]1(C(=O)OC)CC[C@@H](COCc2ccccc2)N1C(=O)OC(C)(C)C. The van der Waals surface area contributed by atoms with Gasteiger partial charge in [0.2, 0.25) is 0 Å². The van der Waals surface area contributed by atoms with Crippen LogP contribution in [0.15, 0.2) is 104 Å². The van der Waals surface area contributed by atoms with E-state index in [4.69, 9.17) is 18.6 Å². The van der Waals surface area contributed by atoms with Gasteiger partial charge in [-0.3, -0.25) is 4.90 Å². The molecule has 0 aromatic heterocycles. The summed E-state index contributed by atoms with van der Waals surface area (Å²) >= 11 is 0. The number of likely N-dealkylation sites (tertiary alicyclic amines) is 1. The molecule has 0 aliphatic carbocycles. The molecule has 0 bridgehead atoms. The van der Waals surface area contributed by atoms with Crippen molar-refractivity contribution >= 4 is 30.8 Å². The van der Waals surface area contributed by atoms with Gasteiger partial charge in [-0.05, 0) is 86.2 Å². The fraction of sp³-hybridized carbons (Fsp3) is 0.488. The highest BCUT2D eigenvalue weighted by Gasteiger charge is 2.60. The third-order valence-electron chi connectivity index (χ3n) is 10.0. The number of methoxy groups -OCH3 is 1. The number of carbonyl (C=O) groups excluding carboxylic acids is 2. The Kier molecular flexibility index (Phi) is 13.9. The van der Waals surface area contributed by atoms with Crippen molar-refractivity contribution < 1.29 is 28.2 Å². The second kappa shape index (κ2) is 17.7. The Bertz CT molecular complexity index is 1500. The van der Waals surface area contributed by atoms with Gasteiger partial charge in [-0.1, -0.05) is 118 Å². The molecule has 3 aromatic carbocycles. The van der Waals surface area contributed by atoms with Crippen molar-refractivity contribution in [1.29, 1.82) is 0 Å². The van der Waals surface area contributed by atoms with E-state index in [0.29, 0.717) is 51.7 Å². The molecule has 4 rings (SSSR count). The lowest BCUT2D eigenvalue weighted by Gasteiger charge is -2.45. The van der Waals surface area contributed by atoms with Gasteiger partial charge in [-0.25, -0.2) is 9.59 Å². The minimum Gasteiger partial charge on any atom is -0.467 e. The molecule has 1 aliphatic heterocycles. The lowest BCUT2D eigenvalue weighted by molar-refractivity contribution is -0.159. The molecule has 0 saturated carbocycles. The van der Waals surface area contributed by atoms with Crippen LogP contribution in [0.25, 0.3) is 0 Å². The molecule has 1 aliphatic rings. The lowest BCUT2D eigenvalue weighted by atomic mass is 9.76. The highest BCUT2D eigenvalue weighted by Crippen LogP contribution is 2.46. The molecule has 0 radical (unpaired) electrons. The smallest absolute Gasteiger partial charge is 0.411 e. The van der Waals surface area contributed by atoms with E-state index in [2.05, 4.69) is 75.9 Å². The number of nitrogens with zero attached hydrogens (tertiary/aromatic N) is 1. The first-order valence-electron chi connectivity index (χ1n) is 18.4. The summed E-state index contributed by atoms with van der Waals surface area (Å²) in [5.41, 5.74) is -0.932. The molecular weight excluding hydrogens is 655 g/mol. The normalized spacial score (nSPS) is 18.6. The Labute approximate surface area is 307 Å². The van der Waals surface area contributed by atoms with Crippen LogP contribution < -0.4 is 10.4 Å². The number of allylic oxidation sites excluding steroid dienone is 1. The summed E-state index contributed by atoms with van der Waals surface area (Å²) in [6, 6.07) is 30.8. The molecule has 1 amide bonds.